The van der Waals surface area contributed by atoms with Crippen molar-refractivity contribution in [1.82, 2.24) is 5.32 Å². The van der Waals surface area contributed by atoms with E-state index in [0.29, 0.717) is 29.4 Å². The molecule has 0 radical (unpaired) electrons. The number of nitrogens with one attached hydrogen (secondary N) is 2. The molecule has 3 rings (SSSR count). The van der Waals surface area contributed by atoms with Gasteiger partial charge in [-0.1, -0.05) is 35.9 Å². The van der Waals surface area contributed by atoms with Crippen molar-refractivity contribution in [2.75, 3.05) is 11.9 Å². The van der Waals surface area contributed by atoms with Gasteiger partial charge in [0.1, 0.15) is 5.75 Å². The molecule has 2 aromatic carbocycles. The Morgan fingerprint density at radius 2 is 1.92 bits per heavy atom. The third-order valence-corrected chi connectivity index (χ3v) is 3.98. The lowest BCUT2D eigenvalue weighted by molar-refractivity contribution is -0.130. The standard InChI is InChI=1S/C18H17ClN2O3/c19-13-7-5-12(6-8-13)9-10-20-17(22)11-16-18(23)21-14-3-1-2-4-15(14)24-16/h1-8,16H,9-11H2,(H,20,22)(H,21,23)/t16-/m1/s1. The van der Waals surface area contributed by atoms with Crippen LogP contribution >= 0.6 is 11.6 Å². The quantitative estimate of drug-likeness (QED) is 0.876. The van der Waals surface area contributed by atoms with Crippen LogP contribution in [0.15, 0.2) is 48.5 Å². The van der Waals surface area contributed by atoms with Crippen molar-refractivity contribution in [3.05, 3.63) is 59.1 Å². The van der Waals surface area contributed by atoms with Crippen LogP contribution in [0.5, 0.6) is 5.75 Å². The van der Waals surface area contributed by atoms with Crippen LogP contribution in [-0.2, 0) is 16.0 Å². The number of amides is 2. The summed E-state index contributed by atoms with van der Waals surface area (Å²) in [4.78, 5) is 24.0. The van der Waals surface area contributed by atoms with Crippen LogP contribution in [0.25, 0.3) is 0 Å². The van der Waals surface area contributed by atoms with Gasteiger partial charge in [0.25, 0.3) is 5.91 Å². The molecule has 2 amide bonds. The molecule has 5 nitrogen and oxygen atoms in total. The summed E-state index contributed by atoms with van der Waals surface area (Å²) in [5.41, 5.74) is 1.71. The maximum Gasteiger partial charge on any atom is 0.266 e. The van der Waals surface area contributed by atoms with Gasteiger partial charge in [0.05, 0.1) is 12.1 Å². The Labute approximate surface area is 145 Å². The van der Waals surface area contributed by atoms with Gasteiger partial charge in [-0.05, 0) is 36.2 Å². The van der Waals surface area contributed by atoms with Gasteiger partial charge in [-0.15, -0.1) is 0 Å². The first-order valence-corrected chi connectivity index (χ1v) is 8.07. The van der Waals surface area contributed by atoms with Crippen LogP contribution in [0.4, 0.5) is 5.69 Å². The summed E-state index contributed by atoms with van der Waals surface area (Å²) >= 11 is 5.83. The predicted octanol–water partition coefficient (Wildman–Crippen LogP) is 2.79. The average Bonchev–Trinajstić information content (AvgIpc) is 2.57. The largest absolute Gasteiger partial charge is 0.478 e. The van der Waals surface area contributed by atoms with Crippen molar-refractivity contribution in [2.45, 2.75) is 18.9 Å². The van der Waals surface area contributed by atoms with E-state index < -0.39 is 6.10 Å². The second-order valence-electron chi connectivity index (χ2n) is 5.52. The molecule has 1 heterocycles. The van der Waals surface area contributed by atoms with Crippen molar-refractivity contribution in [2.24, 2.45) is 0 Å². The van der Waals surface area contributed by atoms with Gasteiger partial charge in [-0.3, -0.25) is 9.59 Å². The van der Waals surface area contributed by atoms with E-state index in [2.05, 4.69) is 10.6 Å². The van der Waals surface area contributed by atoms with Gasteiger partial charge in [0.15, 0.2) is 6.10 Å². The summed E-state index contributed by atoms with van der Waals surface area (Å²) < 4.78 is 5.61. The fourth-order valence-corrected chi connectivity index (χ4v) is 2.59. The van der Waals surface area contributed by atoms with Crippen molar-refractivity contribution in [1.29, 1.82) is 0 Å². The number of halogens is 1. The summed E-state index contributed by atoms with van der Waals surface area (Å²) in [6, 6.07) is 14.6. The highest BCUT2D eigenvalue weighted by atomic mass is 35.5. The first kappa shape index (κ1) is 16.3. The summed E-state index contributed by atoms with van der Waals surface area (Å²) in [5.74, 6) is 0.0566. The third kappa shape index (κ3) is 4.06. The van der Waals surface area contributed by atoms with E-state index >= 15 is 0 Å². The molecule has 24 heavy (non-hydrogen) atoms. The number of fused-ring (bicyclic) bond motifs is 1. The summed E-state index contributed by atoms with van der Waals surface area (Å²) in [6.45, 7) is 0.491. The number of carbonyl (C=O) groups excluding carboxylic acids is 2. The smallest absolute Gasteiger partial charge is 0.266 e. The van der Waals surface area contributed by atoms with Crippen LogP contribution in [0.3, 0.4) is 0 Å². The minimum atomic E-state index is -0.810. The number of para-hydroxylation sites is 2. The van der Waals surface area contributed by atoms with Crippen LogP contribution in [0.1, 0.15) is 12.0 Å². The highest BCUT2D eigenvalue weighted by molar-refractivity contribution is 6.30. The van der Waals surface area contributed by atoms with Gasteiger partial charge in [0.2, 0.25) is 5.91 Å². The molecule has 0 fully saturated rings. The fraction of sp³-hybridized carbons (Fsp3) is 0.222. The predicted molar refractivity (Wildman–Crippen MR) is 92.3 cm³/mol. The molecule has 0 aliphatic carbocycles. The molecule has 0 bridgehead atoms. The molecule has 2 N–H and O–H groups in total. The zero-order valence-electron chi connectivity index (χ0n) is 12.9. The number of rotatable bonds is 5. The molecule has 0 spiro atoms. The minimum absolute atomic E-state index is 0.0131. The molecule has 2 aromatic rings. The average molecular weight is 345 g/mol. The Morgan fingerprint density at radius 1 is 1.17 bits per heavy atom. The SMILES string of the molecule is O=C(C[C@H]1Oc2ccccc2NC1=O)NCCc1ccc(Cl)cc1. The van der Waals surface area contributed by atoms with E-state index in [4.69, 9.17) is 16.3 Å². The second-order valence-corrected chi connectivity index (χ2v) is 5.96. The van der Waals surface area contributed by atoms with Crippen molar-refractivity contribution in [3.63, 3.8) is 0 Å². The zero-order valence-corrected chi connectivity index (χ0v) is 13.7. The Hall–Kier alpha value is -2.53. The van der Waals surface area contributed by atoms with Crippen molar-refractivity contribution < 1.29 is 14.3 Å². The highest BCUT2D eigenvalue weighted by Crippen LogP contribution is 2.29. The lowest BCUT2D eigenvalue weighted by atomic mass is 10.1. The third-order valence-electron chi connectivity index (χ3n) is 3.73. The maximum atomic E-state index is 12.0. The van der Waals surface area contributed by atoms with Crippen LogP contribution < -0.4 is 15.4 Å². The summed E-state index contributed by atoms with van der Waals surface area (Å²) in [6.07, 6.45) is -0.125. The van der Waals surface area contributed by atoms with E-state index in [0.717, 1.165) is 5.56 Å². The molecule has 0 saturated carbocycles. The second kappa shape index (κ2) is 7.36. The molecule has 0 unspecified atom stereocenters. The number of hydrogen-bond donors (Lipinski definition) is 2. The topological polar surface area (TPSA) is 67.4 Å². The lowest BCUT2D eigenvalue weighted by Gasteiger charge is -2.25. The summed E-state index contributed by atoms with van der Waals surface area (Å²) in [7, 11) is 0. The molecular formula is C18H17ClN2O3. The van der Waals surface area contributed by atoms with Crippen LogP contribution in [-0.4, -0.2) is 24.5 Å². The Kier molecular flexibility index (Phi) is 5.01. The van der Waals surface area contributed by atoms with Gasteiger partial charge >= 0.3 is 0 Å². The van der Waals surface area contributed by atoms with E-state index in [1.54, 1.807) is 12.1 Å². The number of ether oxygens (including phenoxy) is 1. The molecule has 0 saturated heterocycles. The monoisotopic (exact) mass is 344 g/mol. The van der Waals surface area contributed by atoms with E-state index in [-0.39, 0.29) is 18.2 Å². The normalized spacial score (nSPS) is 15.9. The lowest BCUT2D eigenvalue weighted by Crippen LogP contribution is -2.41. The zero-order chi connectivity index (χ0) is 16.9. The van der Waals surface area contributed by atoms with E-state index in [9.17, 15) is 9.59 Å². The Balaban J connectivity index is 1.48. The van der Waals surface area contributed by atoms with Crippen LogP contribution in [0, 0.1) is 0 Å². The van der Waals surface area contributed by atoms with E-state index in [1.807, 2.05) is 36.4 Å². The minimum Gasteiger partial charge on any atom is -0.478 e. The molecule has 1 aliphatic rings. The molecule has 0 aromatic heterocycles. The van der Waals surface area contributed by atoms with Gasteiger partial charge in [0, 0.05) is 11.6 Å². The number of benzene rings is 2. The van der Waals surface area contributed by atoms with Gasteiger partial charge in [-0.25, -0.2) is 0 Å². The molecule has 1 aliphatic heterocycles. The van der Waals surface area contributed by atoms with Crippen molar-refractivity contribution in [3.8, 4) is 5.75 Å². The van der Waals surface area contributed by atoms with Crippen LogP contribution in [0.2, 0.25) is 5.02 Å². The number of hydrogen-bond acceptors (Lipinski definition) is 3. The summed E-state index contributed by atoms with van der Waals surface area (Å²) in [5, 5.41) is 6.24. The first-order valence-electron chi connectivity index (χ1n) is 7.69. The van der Waals surface area contributed by atoms with Gasteiger partial charge in [-0.2, -0.15) is 0 Å². The molecule has 124 valence electrons. The Bertz CT molecular complexity index is 746. The molecule has 6 heteroatoms. The highest BCUT2D eigenvalue weighted by Gasteiger charge is 2.29. The number of anilines is 1. The molecule has 1 atom stereocenters. The fourth-order valence-electron chi connectivity index (χ4n) is 2.46. The van der Waals surface area contributed by atoms with Crippen molar-refractivity contribution >= 4 is 29.1 Å². The number of carbonyl (C=O) groups is 2. The van der Waals surface area contributed by atoms with E-state index in [1.165, 1.54) is 0 Å². The first-order chi connectivity index (χ1) is 11.6. The maximum absolute atomic E-state index is 12.0. The molecular weight excluding hydrogens is 328 g/mol. The Morgan fingerprint density at radius 3 is 2.71 bits per heavy atom. The van der Waals surface area contributed by atoms with Gasteiger partial charge < -0.3 is 15.4 Å².